The van der Waals surface area contributed by atoms with Crippen LogP contribution in [0.25, 0.3) is 0 Å². The summed E-state index contributed by atoms with van der Waals surface area (Å²) in [5.74, 6) is 0.227. The molecule has 0 aliphatic carbocycles. The molecule has 3 N–H and O–H groups in total. The number of hydrogen-bond donors (Lipinski definition) is 3. The van der Waals surface area contributed by atoms with E-state index >= 15 is 0 Å². The fraction of sp³-hybridized carbons (Fsp3) is 0.421. The fourth-order valence-corrected chi connectivity index (χ4v) is 2.30. The van der Waals surface area contributed by atoms with E-state index in [0.29, 0.717) is 11.3 Å². The highest BCUT2D eigenvalue weighted by Crippen LogP contribution is 2.22. The molecule has 0 saturated heterocycles. The van der Waals surface area contributed by atoms with E-state index in [0.717, 1.165) is 17.8 Å². The first-order valence-electron chi connectivity index (χ1n) is 8.11. The van der Waals surface area contributed by atoms with Gasteiger partial charge in [-0.2, -0.15) is 0 Å². The van der Waals surface area contributed by atoms with Crippen molar-refractivity contribution in [2.45, 2.75) is 33.8 Å². The van der Waals surface area contributed by atoms with Crippen molar-refractivity contribution in [3.63, 3.8) is 0 Å². The van der Waals surface area contributed by atoms with Crippen LogP contribution in [0.5, 0.6) is 0 Å². The zero-order chi connectivity index (χ0) is 17.7. The van der Waals surface area contributed by atoms with Gasteiger partial charge in [0.05, 0.1) is 12.8 Å². The number of anilines is 1. The summed E-state index contributed by atoms with van der Waals surface area (Å²) in [5.41, 5.74) is 2.59. The number of carbonyl (C=O) groups excluding carboxylic acids is 1. The van der Waals surface area contributed by atoms with Crippen molar-refractivity contribution >= 4 is 11.6 Å². The smallest absolute Gasteiger partial charge is 0.251 e. The normalized spacial score (nSPS) is 12.7. The highest BCUT2D eigenvalue weighted by molar-refractivity contribution is 5.97. The zero-order valence-corrected chi connectivity index (χ0v) is 14.7. The van der Waals surface area contributed by atoms with Crippen molar-refractivity contribution in [3.05, 3.63) is 53.5 Å². The number of rotatable bonds is 6. The number of benzene rings is 1. The Kier molecular flexibility index (Phi) is 5.67. The van der Waals surface area contributed by atoms with Gasteiger partial charge in [0.15, 0.2) is 0 Å². The van der Waals surface area contributed by atoms with Gasteiger partial charge < -0.3 is 20.2 Å². The molecule has 2 rings (SSSR count). The van der Waals surface area contributed by atoms with Gasteiger partial charge in [0.25, 0.3) is 5.91 Å². The predicted octanol–water partition coefficient (Wildman–Crippen LogP) is 3.51. The molecule has 5 nitrogen and oxygen atoms in total. The van der Waals surface area contributed by atoms with E-state index in [4.69, 9.17) is 4.42 Å². The molecule has 130 valence electrons. The first-order chi connectivity index (χ1) is 11.3. The Morgan fingerprint density at radius 2 is 2.00 bits per heavy atom. The van der Waals surface area contributed by atoms with Gasteiger partial charge in [0.2, 0.25) is 0 Å². The van der Waals surface area contributed by atoms with Gasteiger partial charge >= 0.3 is 0 Å². The average molecular weight is 330 g/mol. The van der Waals surface area contributed by atoms with E-state index in [1.165, 1.54) is 6.26 Å². The van der Waals surface area contributed by atoms with Gasteiger partial charge in [0, 0.05) is 17.8 Å². The van der Waals surface area contributed by atoms with E-state index in [1.807, 2.05) is 19.1 Å². The lowest BCUT2D eigenvalue weighted by Crippen LogP contribution is -2.29. The quantitative estimate of drug-likeness (QED) is 0.758. The maximum atomic E-state index is 12.4. The summed E-state index contributed by atoms with van der Waals surface area (Å²) in [6, 6.07) is 8.99. The van der Waals surface area contributed by atoms with Crippen molar-refractivity contribution in [1.29, 1.82) is 0 Å². The first-order valence-corrected chi connectivity index (χ1v) is 8.11. The second-order valence-electron chi connectivity index (χ2n) is 7.13. The number of amides is 1. The van der Waals surface area contributed by atoms with Crippen LogP contribution in [0, 0.1) is 12.3 Å². The minimum atomic E-state index is -0.855. The number of aliphatic hydroxyl groups is 1. The third-order valence-electron chi connectivity index (χ3n) is 3.72. The Labute approximate surface area is 143 Å². The Morgan fingerprint density at radius 1 is 1.25 bits per heavy atom. The number of carbonyl (C=O) groups is 1. The third-order valence-corrected chi connectivity index (χ3v) is 3.72. The van der Waals surface area contributed by atoms with Crippen LogP contribution in [0.3, 0.4) is 0 Å². The summed E-state index contributed by atoms with van der Waals surface area (Å²) >= 11 is 0. The minimum Gasteiger partial charge on any atom is -0.467 e. The van der Waals surface area contributed by atoms with Gasteiger partial charge in [-0.25, -0.2) is 0 Å². The molecule has 0 fully saturated rings. The average Bonchev–Trinajstić information content (AvgIpc) is 3.05. The standard InChI is InChI=1S/C19H26N2O3/c1-13-14(7-5-8-15(13)21-12-19(2,3)4)18(23)20-11-16(22)17-9-6-10-24-17/h5-10,16,21-22H,11-12H2,1-4H3,(H,20,23). The molecule has 5 heteroatoms. The molecule has 0 radical (unpaired) electrons. The van der Waals surface area contributed by atoms with Crippen LogP contribution in [0.2, 0.25) is 0 Å². The van der Waals surface area contributed by atoms with Gasteiger partial charge in [-0.05, 0) is 42.2 Å². The Morgan fingerprint density at radius 3 is 2.62 bits per heavy atom. The van der Waals surface area contributed by atoms with Gasteiger partial charge in [0.1, 0.15) is 11.9 Å². The minimum absolute atomic E-state index is 0.103. The molecule has 2 aromatic rings. The molecule has 0 aliphatic rings. The second kappa shape index (κ2) is 7.53. The molecular formula is C19H26N2O3. The van der Waals surface area contributed by atoms with Crippen LogP contribution in [0.1, 0.15) is 48.6 Å². The predicted molar refractivity (Wildman–Crippen MR) is 95.1 cm³/mol. The molecule has 1 amide bonds. The van der Waals surface area contributed by atoms with Crippen molar-refractivity contribution in [3.8, 4) is 0 Å². The van der Waals surface area contributed by atoms with E-state index < -0.39 is 6.10 Å². The summed E-state index contributed by atoms with van der Waals surface area (Å²) in [7, 11) is 0. The molecular weight excluding hydrogens is 304 g/mol. The molecule has 0 aliphatic heterocycles. The van der Waals surface area contributed by atoms with Crippen molar-refractivity contribution in [2.75, 3.05) is 18.4 Å². The van der Waals surface area contributed by atoms with Crippen LogP contribution in [0.15, 0.2) is 41.0 Å². The highest BCUT2D eigenvalue weighted by atomic mass is 16.4. The Balaban J connectivity index is 2.01. The lowest BCUT2D eigenvalue weighted by Gasteiger charge is -2.21. The van der Waals surface area contributed by atoms with E-state index in [2.05, 4.69) is 31.4 Å². The van der Waals surface area contributed by atoms with Crippen molar-refractivity contribution in [2.24, 2.45) is 5.41 Å². The summed E-state index contributed by atoms with van der Waals surface area (Å²) in [6.07, 6.45) is 0.640. The Hall–Kier alpha value is -2.27. The van der Waals surface area contributed by atoms with Crippen LogP contribution in [-0.2, 0) is 0 Å². The highest BCUT2D eigenvalue weighted by Gasteiger charge is 2.16. The molecule has 1 heterocycles. The maximum Gasteiger partial charge on any atom is 0.251 e. The lowest BCUT2D eigenvalue weighted by molar-refractivity contribution is 0.0900. The fourth-order valence-electron chi connectivity index (χ4n) is 2.30. The Bertz CT molecular complexity index is 672. The summed E-state index contributed by atoms with van der Waals surface area (Å²) < 4.78 is 5.13. The first kappa shape index (κ1) is 18.1. The zero-order valence-electron chi connectivity index (χ0n) is 14.7. The maximum absolute atomic E-state index is 12.4. The van der Waals surface area contributed by atoms with Crippen LogP contribution in [-0.4, -0.2) is 24.1 Å². The van der Waals surface area contributed by atoms with E-state index in [-0.39, 0.29) is 17.9 Å². The van der Waals surface area contributed by atoms with Crippen LogP contribution < -0.4 is 10.6 Å². The van der Waals surface area contributed by atoms with Crippen LogP contribution >= 0.6 is 0 Å². The summed E-state index contributed by atoms with van der Waals surface area (Å²) in [6.45, 7) is 9.30. The molecule has 1 unspecified atom stereocenters. The number of aliphatic hydroxyl groups excluding tert-OH is 1. The molecule has 24 heavy (non-hydrogen) atoms. The summed E-state index contributed by atoms with van der Waals surface area (Å²) in [5, 5.41) is 16.1. The van der Waals surface area contributed by atoms with Crippen molar-refractivity contribution in [1.82, 2.24) is 5.32 Å². The number of furan rings is 1. The number of hydrogen-bond acceptors (Lipinski definition) is 4. The SMILES string of the molecule is Cc1c(NCC(C)(C)C)cccc1C(=O)NCC(O)c1ccco1. The van der Waals surface area contributed by atoms with Crippen molar-refractivity contribution < 1.29 is 14.3 Å². The topological polar surface area (TPSA) is 74.5 Å². The molecule has 0 spiro atoms. The molecule has 1 aromatic heterocycles. The lowest BCUT2D eigenvalue weighted by atomic mass is 9.96. The van der Waals surface area contributed by atoms with E-state index in [1.54, 1.807) is 18.2 Å². The number of nitrogens with one attached hydrogen (secondary N) is 2. The van der Waals surface area contributed by atoms with Crippen LogP contribution in [0.4, 0.5) is 5.69 Å². The van der Waals surface area contributed by atoms with E-state index in [9.17, 15) is 9.90 Å². The third kappa shape index (κ3) is 4.86. The van der Waals surface area contributed by atoms with Gasteiger partial charge in [-0.1, -0.05) is 26.8 Å². The second-order valence-corrected chi connectivity index (χ2v) is 7.13. The molecule has 0 saturated carbocycles. The molecule has 0 bridgehead atoms. The molecule has 1 aromatic carbocycles. The van der Waals surface area contributed by atoms with Gasteiger partial charge in [-0.15, -0.1) is 0 Å². The summed E-state index contributed by atoms with van der Waals surface area (Å²) in [4.78, 5) is 12.4. The molecule has 1 atom stereocenters. The monoisotopic (exact) mass is 330 g/mol. The van der Waals surface area contributed by atoms with Gasteiger partial charge in [-0.3, -0.25) is 4.79 Å². The largest absolute Gasteiger partial charge is 0.467 e.